The van der Waals surface area contributed by atoms with E-state index in [1.165, 1.54) is 0 Å². The molecule has 1 aliphatic carbocycles. The van der Waals surface area contributed by atoms with E-state index in [-0.39, 0.29) is 11.3 Å². The molecule has 1 N–H and O–H groups in total. The predicted octanol–water partition coefficient (Wildman–Crippen LogP) is 2.51. The number of carbonyl (C=O) groups excluding carboxylic acids is 1. The van der Waals surface area contributed by atoms with Gasteiger partial charge in [0.1, 0.15) is 0 Å². The Kier molecular flexibility index (Phi) is 4.61. The normalized spacial score (nSPS) is 17.4. The van der Waals surface area contributed by atoms with Gasteiger partial charge in [0, 0.05) is 36.5 Å². The van der Waals surface area contributed by atoms with Crippen LogP contribution in [0.25, 0.3) is 0 Å². The molecule has 27 heavy (non-hydrogen) atoms. The number of fused-ring (bicyclic) bond motifs is 1. The van der Waals surface area contributed by atoms with Crippen LogP contribution in [0.2, 0.25) is 0 Å². The molecule has 1 saturated heterocycles. The first-order chi connectivity index (χ1) is 12.9. The average molecular weight is 369 g/mol. The van der Waals surface area contributed by atoms with Crippen LogP contribution >= 0.6 is 0 Å². The van der Waals surface area contributed by atoms with Crippen LogP contribution in [0, 0.1) is 5.92 Å². The number of amides is 1. The van der Waals surface area contributed by atoms with Gasteiger partial charge in [0.05, 0.1) is 11.4 Å². The Morgan fingerprint density at radius 3 is 2.70 bits per heavy atom. The highest BCUT2D eigenvalue weighted by atomic mass is 16.5. The summed E-state index contributed by atoms with van der Waals surface area (Å²) in [4.78, 5) is 14.6. The monoisotopic (exact) mass is 369 g/mol. The second-order valence-electron chi connectivity index (χ2n) is 8.65. The first kappa shape index (κ1) is 17.9. The van der Waals surface area contributed by atoms with Crippen molar-refractivity contribution >= 4 is 11.7 Å². The Balaban J connectivity index is 1.27. The first-order valence-electron chi connectivity index (χ1n) is 9.76. The van der Waals surface area contributed by atoms with Crippen molar-refractivity contribution < 1.29 is 9.32 Å². The van der Waals surface area contributed by atoms with Gasteiger partial charge in [-0.3, -0.25) is 4.79 Å². The lowest BCUT2D eigenvalue weighted by atomic mass is 9.92. The Morgan fingerprint density at radius 2 is 2.00 bits per heavy atom. The summed E-state index contributed by atoms with van der Waals surface area (Å²) in [7, 11) is 0. The third kappa shape index (κ3) is 3.68. The third-order valence-corrected chi connectivity index (χ3v) is 5.42. The van der Waals surface area contributed by atoms with E-state index in [9.17, 15) is 4.79 Å². The van der Waals surface area contributed by atoms with Crippen molar-refractivity contribution in [3.8, 4) is 0 Å². The van der Waals surface area contributed by atoms with E-state index in [0.29, 0.717) is 18.2 Å². The molecule has 0 aromatic carbocycles. The van der Waals surface area contributed by atoms with Crippen LogP contribution in [-0.2, 0) is 18.3 Å². The van der Waals surface area contributed by atoms with Crippen molar-refractivity contribution in [2.75, 3.05) is 24.5 Å². The van der Waals surface area contributed by atoms with Gasteiger partial charge in [-0.25, -0.2) is 0 Å². The number of hydrogen-bond donors (Lipinski definition) is 1. The fraction of sp³-hybridized carbons (Fsp3) is 0.600. The summed E-state index contributed by atoms with van der Waals surface area (Å²) in [6.07, 6.45) is 4.03. The molecule has 144 valence electrons. The Labute approximate surface area is 159 Å². The van der Waals surface area contributed by atoms with E-state index in [0.717, 1.165) is 61.5 Å². The third-order valence-electron chi connectivity index (χ3n) is 5.42. The lowest BCUT2D eigenvalue weighted by Crippen LogP contribution is -2.52. The highest BCUT2D eigenvalue weighted by Gasteiger charge is 2.30. The maximum atomic E-state index is 12.4. The highest BCUT2D eigenvalue weighted by Crippen LogP contribution is 2.26. The molecule has 0 bridgehead atoms. The van der Waals surface area contributed by atoms with Crippen molar-refractivity contribution in [1.29, 1.82) is 0 Å². The predicted molar refractivity (Wildman–Crippen MR) is 102 cm³/mol. The van der Waals surface area contributed by atoms with Crippen molar-refractivity contribution in [1.82, 2.24) is 20.7 Å². The first-order valence-corrected chi connectivity index (χ1v) is 9.76. The summed E-state index contributed by atoms with van der Waals surface area (Å²) < 4.78 is 5.30. The van der Waals surface area contributed by atoms with E-state index in [1.54, 1.807) is 0 Å². The maximum absolute atomic E-state index is 12.4. The number of hydrogen-bond acceptors (Lipinski definition) is 6. The van der Waals surface area contributed by atoms with E-state index in [1.807, 2.05) is 12.1 Å². The van der Waals surface area contributed by atoms with Gasteiger partial charge in [-0.2, -0.15) is 5.10 Å². The molecule has 0 saturated carbocycles. The molecule has 2 aromatic heterocycles. The molecule has 0 unspecified atom stereocenters. The average Bonchev–Trinajstić information content (AvgIpc) is 3.04. The summed E-state index contributed by atoms with van der Waals surface area (Å²) in [6, 6.07) is 4.08. The fourth-order valence-corrected chi connectivity index (χ4v) is 3.67. The minimum absolute atomic E-state index is 0.00714. The zero-order chi connectivity index (χ0) is 19.0. The van der Waals surface area contributed by atoms with Crippen molar-refractivity contribution in [2.24, 2.45) is 5.92 Å². The highest BCUT2D eigenvalue weighted by molar-refractivity contribution is 5.93. The lowest BCUT2D eigenvalue weighted by Gasteiger charge is -2.40. The Morgan fingerprint density at radius 1 is 1.22 bits per heavy atom. The Hall–Kier alpha value is -2.44. The molecule has 2 aromatic rings. The zero-order valence-corrected chi connectivity index (χ0v) is 16.3. The van der Waals surface area contributed by atoms with Gasteiger partial charge in [-0.05, 0) is 37.8 Å². The number of nitrogens with one attached hydrogen (secondary N) is 1. The van der Waals surface area contributed by atoms with Crippen LogP contribution in [0.15, 0.2) is 16.7 Å². The summed E-state index contributed by atoms with van der Waals surface area (Å²) in [5, 5.41) is 15.8. The van der Waals surface area contributed by atoms with Crippen LogP contribution in [0.5, 0.6) is 0 Å². The number of rotatable bonds is 4. The molecule has 1 fully saturated rings. The minimum atomic E-state index is -0.140. The van der Waals surface area contributed by atoms with Crippen molar-refractivity contribution in [2.45, 2.75) is 51.9 Å². The van der Waals surface area contributed by atoms with Crippen LogP contribution in [0.4, 0.5) is 5.82 Å². The van der Waals surface area contributed by atoms with E-state index >= 15 is 0 Å². The Bertz CT molecular complexity index is 816. The molecule has 0 radical (unpaired) electrons. The molecule has 1 amide bonds. The van der Waals surface area contributed by atoms with Crippen molar-refractivity contribution in [3.63, 3.8) is 0 Å². The summed E-state index contributed by atoms with van der Waals surface area (Å²) >= 11 is 0. The number of anilines is 1. The second-order valence-corrected chi connectivity index (χ2v) is 8.65. The molecule has 0 atom stereocenters. The minimum Gasteiger partial charge on any atom is -0.354 e. The summed E-state index contributed by atoms with van der Waals surface area (Å²) in [5.41, 5.74) is 2.96. The molecule has 7 nitrogen and oxygen atoms in total. The van der Waals surface area contributed by atoms with Crippen LogP contribution in [0.3, 0.4) is 0 Å². The maximum Gasteiger partial charge on any atom is 0.290 e. The largest absolute Gasteiger partial charge is 0.354 e. The van der Waals surface area contributed by atoms with Crippen LogP contribution in [0.1, 0.15) is 61.1 Å². The number of aryl methyl sites for hydroxylation is 1. The number of carbonyl (C=O) groups is 1. The van der Waals surface area contributed by atoms with Gasteiger partial charge in [0.25, 0.3) is 5.91 Å². The standard InChI is InChI=1S/C20H27N5O2/c1-20(2,3)16-8-9-17(23-22-16)25-11-13(12-25)10-21-19(26)18-14-6-4-5-7-15(14)24-27-18/h8-9,13H,4-7,10-12H2,1-3H3,(H,21,26). The van der Waals surface area contributed by atoms with Crippen LogP contribution < -0.4 is 10.2 Å². The second kappa shape index (κ2) is 6.94. The van der Waals surface area contributed by atoms with Gasteiger partial charge < -0.3 is 14.7 Å². The lowest BCUT2D eigenvalue weighted by molar-refractivity contribution is 0.0906. The molecular formula is C20H27N5O2. The van der Waals surface area contributed by atoms with Gasteiger partial charge in [-0.1, -0.05) is 25.9 Å². The van der Waals surface area contributed by atoms with Gasteiger partial charge in [0.15, 0.2) is 5.82 Å². The topological polar surface area (TPSA) is 84.2 Å². The van der Waals surface area contributed by atoms with E-state index in [4.69, 9.17) is 4.52 Å². The van der Waals surface area contributed by atoms with Gasteiger partial charge in [-0.15, -0.1) is 5.10 Å². The van der Waals surface area contributed by atoms with Crippen molar-refractivity contribution in [3.05, 3.63) is 34.8 Å². The molecule has 0 spiro atoms. The summed E-state index contributed by atoms with van der Waals surface area (Å²) in [6.45, 7) is 8.77. The number of nitrogens with zero attached hydrogens (tertiary/aromatic N) is 4. The fourth-order valence-electron chi connectivity index (χ4n) is 3.67. The number of aromatic nitrogens is 3. The molecule has 1 aliphatic heterocycles. The SMILES string of the molecule is CC(C)(C)c1ccc(N2CC(CNC(=O)c3onc4c3CCCC4)C2)nn1. The molecule has 7 heteroatoms. The molecule has 2 aliphatic rings. The van der Waals surface area contributed by atoms with Gasteiger partial charge in [0.2, 0.25) is 5.76 Å². The van der Waals surface area contributed by atoms with Gasteiger partial charge >= 0.3 is 0 Å². The molecular weight excluding hydrogens is 342 g/mol. The van der Waals surface area contributed by atoms with Crippen LogP contribution in [-0.4, -0.2) is 40.9 Å². The van der Waals surface area contributed by atoms with E-state index in [2.05, 4.69) is 46.3 Å². The zero-order valence-electron chi connectivity index (χ0n) is 16.3. The molecule has 3 heterocycles. The smallest absolute Gasteiger partial charge is 0.290 e. The quantitative estimate of drug-likeness (QED) is 0.891. The van der Waals surface area contributed by atoms with E-state index < -0.39 is 0 Å². The summed E-state index contributed by atoms with van der Waals surface area (Å²) in [5.74, 6) is 1.58. The molecule has 4 rings (SSSR count).